The van der Waals surface area contributed by atoms with Gasteiger partial charge in [0.25, 0.3) is 18.8 Å². The molecule has 0 aliphatic carbocycles. The maximum absolute atomic E-state index is 13.3. The van der Waals surface area contributed by atoms with Crippen LogP contribution in [-0.4, -0.2) is 50.1 Å². The molecule has 168 valence electrons. The van der Waals surface area contributed by atoms with Gasteiger partial charge >= 0.3 is 0 Å². The third kappa shape index (κ3) is 4.71. The summed E-state index contributed by atoms with van der Waals surface area (Å²) in [7, 11) is 0. The molecular weight excluding hydrogens is 420 g/mol. The Morgan fingerprint density at radius 1 is 1.19 bits per heavy atom. The number of aliphatic hydroxyl groups is 1. The fourth-order valence-corrected chi connectivity index (χ4v) is 2.95. The van der Waals surface area contributed by atoms with Gasteiger partial charge in [-0.15, -0.1) is 0 Å². The number of nitrogens with zero attached hydrogens (tertiary/aromatic N) is 4. The number of hydrazone groups is 1. The van der Waals surface area contributed by atoms with Crippen molar-refractivity contribution >= 4 is 11.6 Å². The van der Waals surface area contributed by atoms with Crippen molar-refractivity contribution in [2.24, 2.45) is 5.10 Å². The van der Waals surface area contributed by atoms with Crippen molar-refractivity contribution in [1.29, 1.82) is 0 Å². The van der Waals surface area contributed by atoms with Gasteiger partial charge in [-0.2, -0.15) is 15.2 Å². The first kappa shape index (κ1) is 22.7. The van der Waals surface area contributed by atoms with Crippen molar-refractivity contribution in [1.82, 2.24) is 14.8 Å². The van der Waals surface area contributed by atoms with Crippen LogP contribution in [0.4, 0.5) is 17.6 Å². The molecular formula is C20H22F4N4O3. The number of aromatic nitrogens is 2. The zero-order valence-corrected chi connectivity index (χ0v) is 17.1. The van der Waals surface area contributed by atoms with Crippen LogP contribution in [0.2, 0.25) is 0 Å². The number of carbonyl (C=O) groups excluding carboxylic acids is 1. The van der Waals surface area contributed by atoms with Gasteiger partial charge in [-0.05, 0) is 29.2 Å². The molecule has 0 fully saturated rings. The highest BCUT2D eigenvalue weighted by atomic mass is 19.3. The van der Waals surface area contributed by atoms with Gasteiger partial charge in [0.15, 0.2) is 12.4 Å². The second-order valence-corrected chi connectivity index (χ2v) is 8.15. The van der Waals surface area contributed by atoms with E-state index in [0.717, 1.165) is 5.56 Å². The lowest BCUT2D eigenvalue weighted by Gasteiger charge is -2.29. The Morgan fingerprint density at radius 2 is 1.84 bits per heavy atom. The Labute approximate surface area is 175 Å². The second kappa shape index (κ2) is 8.29. The lowest BCUT2D eigenvalue weighted by atomic mass is 9.87. The highest BCUT2D eigenvalue weighted by molar-refractivity contribution is 5.97. The standard InChI is InChI=1S/C20H22F4N4O3/c1-19(2,3)12-4-6-13(7-5-12)31-11-27-9-8-14(25-27)17(29)28-20(30,18(23)24)10-15(26-28)16(21)22/h4-9,16,18,30H,10-11H2,1-3H3. The molecule has 0 saturated carbocycles. The number of halogens is 4. The first-order valence-corrected chi connectivity index (χ1v) is 9.39. The molecule has 1 aromatic heterocycles. The molecule has 0 saturated heterocycles. The van der Waals surface area contributed by atoms with Crippen molar-refractivity contribution in [3.05, 3.63) is 47.8 Å². The monoisotopic (exact) mass is 442 g/mol. The molecule has 2 aromatic rings. The van der Waals surface area contributed by atoms with Crippen molar-refractivity contribution in [2.45, 2.75) is 57.9 Å². The van der Waals surface area contributed by atoms with E-state index in [1.807, 2.05) is 12.1 Å². The van der Waals surface area contributed by atoms with Gasteiger partial charge in [0.05, 0.1) is 0 Å². The van der Waals surface area contributed by atoms with E-state index in [1.165, 1.54) is 16.9 Å². The summed E-state index contributed by atoms with van der Waals surface area (Å²) in [6.45, 7) is 6.14. The molecule has 1 aromatic carbocycles. The van der Waals surface area contributed by atoms with Crippen molar-refractivity contribution < 1.29 is 32.2 Å². The maximum atomic E-state index is 13.3. The molecule has 1 aliphatic heterocycles. The Balaban J connectivity index is 1.70. The summed E-state index contributed by atoms with van der Waals surface area (Å²) in [5.74, 6) is -0.680. The number of alkyl halides is 4. The van der Waals surface area contributed by atoms with Gasteiger partial charge in [0, 0.05) is 12.6 Å². The predicted molar refractivity (Wildman–Crippen MR) is 103 cm³/mol. The Kier molecular flexibility index (Phi) is 6.08. The molecule has 11 heteroatoms. The summed E-state index contributed by atoms with van der Waals surface area (Å²) >= 11 is 0. The smallest absolute Gasteiger partial charge is 0.297 e. The molecule has 2 heterocycles. The van der Waals surface area contributed by atoms with Gasteiger partial charge in [-0.1, -0.05) is 32.9 Å². The number of benzene rings is 1. The average molecular weight is 442 g/mol. The zero-order valence-electron chi connectivity index (χ0n) is 17.1. The number of ether oxygens (including phenoxy) is 1. The minimum absolute atomic E-state index is 0.0157. The summed E-state index contributed by atoms with van der Waals surface area (Å²) in [4.78, 5) is 12.5. The Bertz CT molecular complexity index is 970. The van der Waals surface area contributed by atoms with E-state index in [0.29, 0.717) is 5.75 Å². The fraction of sp³-hybridized carbons (Fsp3) is 0.450. The molecule has 1 unspecified atom stereocenters. The molecule has 7 nitrogen and oxygen atoms in total. The van der Waals surface area contributed by atoms with Crippen LogP contribution in [0.15, 0.2) is 41.6 Å². The number of hydrogen-bond donors (Lipinski definition) is 1. The number of hydrogen-bond acceptors (Lipinski definition) is 5. The van der Waals surface area contributed by atoms with Gasteiger partial charge in [0.1, 0.15) is 11.5 Å². The summed E-state index contributed by atoms with van der Waals surface area (Å²) in [6.07, 6.45) is -6.48. The predicted octanol–water partition coefficient (Wildman–Crippen LogP) is 3.64. The van der Waals surface area contributed by atoms with Crippen LogP contribution >= 0.6 is 0 Å². The number of carbonyl (C=O) groups is 1. The molecule has 1 atom stereocenters. The largest absolute Gasteiger partial charge is 0.471 e. The maximum Gasteiger partial charge on any atom is 0.297 e. The van der Waals surface area contributed by atoms with E-state index >= 15 is 0 Å². The quantitative estimate of drug-likeness (QED) is 0.693. The average Bonchev–Trinajstić information content (AvgIpc) is 3.31. The van der Waals surface area contributed by atoms with Crippen LogP contribution in [0.5, 0.6) is 5.75 Å². The van der Waals surface area contributed by atoms with E-state index in [-0.39, 0.29) is 22.8 Å². The summed E-state index contributed by atoms with van der Waals surface area (Å²) in [6, 6.07) is 8.60. The zero-order chi connectivity index (χ0) is 23.0. The van der Waals surface area contributed by atoms with Gasteiger partial charge in [-0.3, -0.25) is 4.79 Å². The third-order valence-electron chi connectivity index (χ3n) is 4.77. The molecule has 3 rings (SSSR count). The van der Waals surface area contributed by atoms with Crippen LogP contribution in [0.3, 0.4) is 0 Å². The highest BCUT2D eigenvalue weighted by Gasteiger charge is 2.53. The molecule has 0 spiro atoms. The molecule has 0 bridgehead atoms. The third-order valence-corrected chi connectivity index (χ3v) is 4.77. The van der Waals surface area contributed by atoms with Gasteiger partial charge in [-0.25, -0.2) is 22.2 Å². The van der Waals surface area contributed by atoms with Gasteiger partial charge in [0.2, 0.25) is 5.72 Å². The van der Waals surface area contributed by atoms with Crippen LogP contribution in [0.25, 0.3) is 0 Å². The van der Waals surface area contributed by atoms with Crippen molar-refractivity contribution in [3.63, 3.8) is 0 Å². The minimum atomic E-state index is -3.50. The number of amides is 1. The van der Waals surface area contributed by atoms with E-state index in [1.54, 1.807) is 12.1 Å². The normalized spacial score (nSPS) is 19.3. The Hall–Kier alpha value is -2.95. The molecule has 31 heavy (non-hydrogen) atoms. The fourth-order valence-electron chi connectivity index (χ4n) is 2.95. The van der Waals surface area contributed by atoms with Crippen LogP contribution < -0.4 is 4.74 Å². The lowest BCUT2D eigenvalue weighted by molar-refractivity contribution is -0.164. The van der Waals surface area contributed by atoms with Gasteiger partial charge < -0.3 is 9.84 Å². The lowest BCUT2D eigenvalue weighted by Crippen LogP contribution is -2.51. The van der Waals surface area contributed by atoms with Crippen molar-refractivity contribution in [2.75, 3.05) is 0 Å². The summed E-state index contributed by atoms with van der Waals surface area (Å²) in [5, 5.41) is 17.2. The first-order chi connectivity index (χ1) is 14.4. The van der Waals surface area contributed by atoms with E-state index in [4.69, 9.17) is 4.74 Å². The molecule has 0 radical (unpaired) electrons. The van der Waals surface area contributed by atoms with E-state index < -0.39 is 36.6 Å². The minimum Gasteiger partial charge on any atom is -0.471 e. The Morgan fingerprint density at radius 3 is 2.39 bits per heavy atom. The molecule has 1 aliphatic rings. The van der Waals surface area contributed by atoms with E-state index in [2.05, 4.69) is 31.0 Å². The number of rotatable bonds is 6. The van der Waals surface area contributed by atoms with Crippen LogP contribution in [-0.2, 0) is 12.1 Å². The summed E-state index contributed by atoms with van der Waals surface area (Å²) in [5.41, 5.74) is -3.41. The SMILES string of the molecule is CC(C)(C)c1ccc(OCn2ccc(C(=O)N3N=C(C(F)F)CC3(O)C(F)F)n2)cc1. The van der Waals surface area contributed by atoms with Crippen molar-refractivity contribution in [3.8, 4) is 5.75 Å². The summed E-state index contributed by atoms with van der Waals surface area (Å²) < 4.78 is 59.2. The second-order valence-electron chi connectivity index (χ2n) is 8.15. The van der Waals surface area contributed by atoms with Crippen LogP contribution in [0, 0.1) is 0 Å². The molecule has 1 N–H and O–H groups in total. The first-order valence-electron chi connectivity index (χ1n) is 9.39. The topological polar surface area (TPSA) is 80.0 Å². The van der Waals surface area contributed by atoms with E-state index in [9.17, 15) is 27.5 Å². The van der Waals surface area contributed by atoms with Crippen LogP contribution in [0.1, 0.15) is 43.2 Å². The highest BCUT2D eigenvalue weighted by Crippen LogP contribution is 2.34. The molecule has 1 amide bonds.